The van der Waals surface area contributed by atoms with Crippen molar-refractivity contribution in [3.8, 4) is 0 Å². The maximum absolute atomic E-state index is 9.77. The Morgan fingerprint density at radius 3 is 1.92 bits per heavy atom. The molecule has 0 saturated heterocycles. The molecule has 74 valence electrons. The molecule has 0 radical (unpaired) electrons. The largest absolute Gasteiger partial charge is 1.00 e. The van der Waals surface area contributed by atoms with E-state index in [1.54, 1.807) is 19.0 Å². The average molecular weight is 188 g/mol. The predicted octanol–water partition coefficient (Wildman–Crippen LogP) is -3.77. The molecule has 0 unspecified atom stereocenters. The van der Waals surface area contributed by atoms with Gasteiger partial charge in [-0.3, -0.25) is 9.69 Å². The summed E-state index contributed by atoms with van der Waals surface area (Å²) in [7, 11) is 3.43. The van der Waals surface area contributed by atoms with Gasteiger partial charge in [0, 0.05) is 0 Å². The molecule has 0 fully saturated rings. The molecule has 0 heterocycles. The molecule has 13 heavy (non-hydrogen) atoms. The molecule has 0 spiro atoms. The van der Waals surface area contributed by atoms with Gasteiger partial charge in [-0.05, 0) is 14.1 Å². The Labute approximate surface area is 88.7 Å². The minimum atomic E-state index is -0.787. The van der Waals surface area contributed by atoms with E-state index >= 15 is 0 Å². The first-order valence-electron chi connectivity index (χ1n) is 2.52. The Balaban J connectivity index is -0.0000000600. The molecule has 0 aliphatic carbocycles. The normalized spacial score (nSPS) is 6.77. The van der Waals surface area contributed by atoms with E-state index in [1.807, 2.05) is 0 Å². The van der Waals surface area contributed by atoms with Crippen LogP contribution in [0.3, 0.4) is 0 Å². The zero-order chi connectivity index (χ0) is 9.28. The monoisotopic (exact) mass is 188 g/mol. The van der Waals surface area contributed by atoms with Crippen molar-refractivity contribution in [1.82, 2.24) is 4.90 Å². The Morgan fingerprint density at radius 2 is 1.92 bits per heavy atom. The zero-order valence-corrected chi connectivity index (χ0v) is 7.18. The van der Waals surface area contributed by atoms with Crippen molar-refractivity contribution in [3.05, 3.63) is 4.91 Å². The van der Waals surface area contributed by atoms with E-state index in [2.05, 4.69) is 4.99 Å². The zero-order valence-electron chi connectivity index (χ0n) is 7.18. The third-order valence-electron chi connectivity index (χ3n) is 0.482. The quantitative estimate of drug-likeness (QED) is 0.211. The van der Waals surface area contributed by atoms with E-state index in [1.165, 1.54) is 5.34 Å². The van der Waals surface area contributed by atoms with Crippen LogP contribution in [-0.2, 0) is 9.78 Å². The van der Waals surface area contributed by atoms with E-state index in [4.69, 9.17) is 15.3 Å². The van der Waals surface area contributed by atoms with Gasteiger partial charge < -0.3 is 15.4 Å². The van der Waals surface area contributed by atoms with Gasteiger partial charge in [-0.25, -0.2) is 0 Å². The molecule has 0 amide bonds. The summed E-state index contributed by atoms with van der Waals surface area (Å²) in [5.74, 6) is -0.787. The van der Waals surface area contributed by atoms with Gasteiger partial charge in [0.1, 0.15) is 5.34 Å². The third-order valence-corrected chi connectivity index (χ3v) is 0.482. The van der Waals surface area contributed by atoms with Crippen LogP contribution in [0.4, 0.5) is 0 Å². The van der Waals surface area contributed by atoms with Crippen molar-refractivity contribution in [2.75, 3.05) is 20.6 Å². The number of nitrogens with zero attached hydrogens (tertiary/aromatic N) is 2. The van der Waals surface area contributed by atoms with Crippen LogP contribution in [0.1, 0.15) is 7.43 Å². The summed E-state index contributed by atoms with van der Waals surface area (Å²) in [6, 6.07) is 0. The molecule has 1 N–H and O–H groups in total. The van der Waals surface area contributed by atoms with Gasteiger partial charge in [0.2, 0.25) is 0 Å². The second-order valence-corrected chi connectivity index (χ2v) is 1.78. The fourth-order valence-electron chi connectivity index (χ4n) is 0.271. The Hall–Kier alpha value is -0.613. The Morgan fingerprint density at radius 1 is 1.62 bits per heavy atom. The van der Waals surface area contributed by atoms with Gasteiger partial charge in [0.25, 0.3) is 0 Å². The smallest absolute Gasteiger partial charge is 0.635 e. The van der Waals surface area contributed by atoms with Crippen molar-refractivity contribution in [2.24, 2.45) is 5.34 Å². The summed E-state index contributed by atoms with van der Waals surface area (Å²) in [4.78, 5) is 22.1. The van der Waals surface area contributed by atoms with E-state index in [0.717, 1.165) is 0 Å². The predicted molar refractivity (Wildman–Crippen MR) is 39.8 cm³/mol. The number of carboxylic acids is 1. The fraction of sp³-hybridized carbons (Fsp3) is 0.800. The first kappa shape index (κ1) is 22.8. The molecule has 0 rings (SSSR count). The number of hydrogen-bond acceptors (Lipinski definition) is 6. The summed E-state index contributed by atoms with van der Waals surface area (Å²) in [5, 5.41) is 17.8. The molecule has 7 nitrogen and oxygen atoms in total. The number of aliphatic carboxylic acids is 1. The first-order chi connectivity index (χ1) is 5.04. The van der Waals surface area contributed by atoms with Crippen molar-refractivity contribution >= 4 is 5.97 Å². The first-order valence-corrected chi connectivity index (χ1v) is 2.52. The summed E-state index contributed by atoms with van der Waals surface area (Å²) in [6.45, 7) is 0.111. The summed E-state index contributed by atoms with van der Waals surface area (Å²) in [6.07, 6.45) is 0. The number of rotatable bonds is 3. The van der Waals surface area contributed by atoms with Gasteiger partial charge in [0.05, 0.1) is 6.54 Å². The summed E-state index contributed by atoms with van der Waals surface area (Å²) >= 11 is 0. The molecule has 0 bridgehead atoms. The van der Waals surface area contributed by atoms with Crippen molar-refractivity contribution in [1.29, 1.82) is 0 Å². The van der Waals surface area contributed by atoms with E-state index < -0.39 is 5.97 Å². The van der Waals surface area contributed by atoms with Crippen LogP contribution >= 0.6 is 0 Å². The molecule has 0 aliphatic heterocycles. The van der Waals surface area contributed by atoms with Crippen LogP contribution in [0, 0.1) is 4.91 Å². The van der Waals surface area contributed by atoms with Gasteiger partial charge in [-0.1, -0.05) is 7.43 Å². The molecular weight excluding hydrogens is 175 g/mol. The Kier molecular flexibility index (Phi) is 30.7. The fourth-order valence-corrected chi connectivity index (χ4v) is 0.271. The van der Waals surface area contributed by atoms with Crippen LogP contribution in [0.2, 0.25) is 0 Å². The van der Waals surface area contributed by atoms with Crippen LogP contribution in [0.15, 0.2) is 5.34 Å². The molecule has 0 aliphatic rings. The molecule has 0 saturated carbocycles. The minimum Gasteiger partial charge on any atom is -0.635 e. The van der Waals surface area contributed by atoms with E-state index in [-0.39, 0.29) is 32.8 Å². The van der Waals surface area contributed by atoms with Crippen molar-refractivity contribution in [3.63, 3.8) is 0 Å². The molecule has 0 atom stereocenters. The third kappa shape index (κ3) is 52.1. The van der Waals surface area contributed by atoms with Crippen LogP contribution in [0.5, 0.6) is 0 Å². The topological polar surface area (TPSA) is 102 Å². The second kappa shape index (κ2) is 17.5. The van der Waals surface area contributed by atoms with Crippen molar-refractivity contribution < 1.29 is 39.0 Å². The molecule has 8 heteroatoms. The maximum atomic E-state index is 9.77. The van der Waals surface area contributed by atoms with E-state index in [9.17, 15) is 4.79 Å². The standard InChI is InChI=1S/C4H9NO2.CH4.Li.HNO3/c1-5(2)3-4(6)7;;;2-1-4-3/h3H2,1-2H3,(H,6,7);1H4;;3H/q;;+1;/p-1. The average Bonchev–Trinajstić information content (AvgIpc) is 1.85. The number of carboxylic acid groups (broad SMARTS) is 1. The minimum absolute atomic E-state index is 0. The molecular formula is C5H13LiN2O5. The van der Waals surface area contributed by atoms with Crippen LogP contribution < -0.4 is 24.1 Å². The maximum Gasteiger partial charge on any atom is 1.00 e. The Bertz CT molecular complexity index is 121. The molecule has 0 aromatic rings. The molecule has 0 aromatic carbocycles. The summed E-state index contributed by atoms with van der Waals surface area (Å²) < 4.78 is 0. The van der Waals surface area contributed by atoms with Crippen LogP contribution in [-0.4, -0.2) is 36.6 Å². The van der Waals surface area contributed by atoms with Crippen molar-refractivity contribution in [2.45, 2.75) is 7.43 Å². The summed E-state index contributed by atoms with van der Waals surface area (Å²) in [5.41, 5.74) is 0. The van der Waals surface area contributed by atoms with Gasteiger partial charge in [0.15, 0.2) is 0 Å². The second-order valence-electron chi connectivity index (χ2n) is 1.78. The van der Waals surface area contributed by atoms with Gasteiger partial charge in [-0.2, -0.15) is 0 Å². The van der Waals surface area contributed by atoms with Gasteiger partial charge in [-0.15, -0.1) is 4.91 Å². The van der Waals surface area contributed by atoms with E-state index in [0.29, 0.717) is 0 Å². The molecule has 0 aromatic heterocycles. The number of likely N-dealkylation sites (N-methyl/N-ethyl adjacent to an activating group) is 1. The number of carbonyl (C=O) groups is 1. The number of hydrogen-bond donors (Lipinski definition) is 1. The van der Waals surface area contributed by atoms with Crippen LogP contribution in [0.25, 0.3) is 0 Å². The van der Waals surface area contributed by atoms with Gasteiger partial charge >= 0.3 is 24.8 Å². The SMILES string of the molecule is C.CN(C)CC(=O)O.O=NO[O-].[Li+].